The molecule has 0 aromatic heterocycles. The number of benzene rings is 2. The van der Waals surface area contributed by atoms with Crippen molar-refractivity contribution in [3.8, 4) is 0 Å². The number of rotatable bonds is 6. The van der Waals surface area contributed by atoms with E-state index in [0.29, 0.717) is 12.8 Å². The first-order valence-corrected chi connectivity index (χ1v) is 7.27. The highest BCUT2D eigenvalue weighted by Crippen LogP contribution is 2.02. The van der Waals surface area contributed by atoms with Crippen LogP contribution >= 0.6 is 0 Å². The summed E-state index contributed by atoms with van der Waals surface area (Å²) >= 11 is 0. The van der Waals surface area contributed by atoms with Crippen LogP contribution in [0.1, 0.15) is 17.5 Å². The molecule has 0 spiro atoms. The van der Waals surface area contributed by atoms with Gasteiger partial charge in [0.25, 0.3) is 0 Å². The summed E-state index contributed by atoms with van der Waals surface area (Å²) in [7, 11) is 0. The van der Waals surface area contributed by atoms with Gasteiger partial charge in [-0.05, 0) is 24.0 Å². The van der Waals surface area contributed by atoms with Crippen molar-refractivity contribution in [2.24, 2.45) is 5.73 Å². The van der Waals surface area contributed by atoms with Crippen LogP contribution in [0.15, 0.2) is 60.7 Å². The van der Waals surface area contributed by atoms with E-state index in [1.807, 2.05) is 60.7 Å². The molecule has 0 bridgehead atoms. The van der Waals surface area contributed by atoms with E-state index >= 15 is 0 Å². The van der Waals surface area contributed by atoms with Crippen LogP contribution in [0, 0.1) is 0 Å². The summed E-state index contributed by atoms with van der Waals surface area (Å²) in [6.45, 7) is 0. The zero-order valence-corrected chi connectivity index (χ0v) is 12.8. The minimum Gasteiger partial charge on any atom is -0.481 e. The van der Waals surface area contributed by atoms with Gasteiger partial charge in [-0.25, -0.2) is 0 Å². The molecule has 0 radical (unpaired) electrons. The molecule has 122 valence electrons. The number of aryl methyl sites for hydroxylation is 1. The van der Waals surface area contributed by atoms with Gasteiger partial charge in [0.15, 0.2) is 0 Å². The third kappa shape index (κ3) is 8.38. The Bertz CT molecular complexity index is 599. The third-order valence-corrected chi connectivity index (χ3v) is 3.09. The Labute approximate surface area is 135 Å². The summed E-state index contributed by atoms with van der Waals surface area (Å²) in [5.74, 6) is -1.70. The number of carbonyl (C=O) groups is 2. The molecule has 0 aliphatic heterocycles. The highest BCUT2D eigenvalue weighted by Gasteiger charge is 2.10. The summed E-state index contributed by atoms with van der Waals surface area (Å²) in [5.41, 5.74) is 7.38. The Morgan fingerprint density at radius 2 is 1.35 bits per heavy atom. The van der Waals surface area contributed by atoms with E-state index in [0.717, 1.165) is 11.1 Å². The highest BCUT2D eigenvalue weighted by molar-refractivity contribution is 5.73. The maximum absolute atomic E-state index is 10.4. The number of carboxylic acid groups (broad SMARTS) is 2. The SMILES string of the molecule is NC(Cc1ccccc1)C(=O)O.O=C(O)CCc1ccccc1. The fourth-order valence-electron chi connectivity index (χ4n) is 1.85. The fraction of sp³-hybridized carbons (Fsp3) is 0.222. The average Bonchev–Trinajstić information content (AvgIpc) is 2.55. The zero-order valence-electron chi connectivity index (χ0n) is 12.8. The number of carboxylic acids is 2. The van der Waals surface area contributed by atoms with Gasteiger partial charge in [0, 0.05) is 6.42 Å². The Morgan fingerprint density at radius 1 is 0.870 bits per heavy atom. The summed E-state index contributed by atoms with van der Waals surface area (Å²) in [4.78, 5) is 20.6. The topological polar surface area (TPSA) is 101 Å². The Morgan fingerprint density at radius 3 is 1.78 bits per heavy atom. The van der Waals surface area contributed by atoms with Crippen molar-refractivity contribution in [2.75, 3.05) is 0 Å². The van der Waals surface area contributed by atoms with Crippen LogP contribution in [0.3, 0.4) is 0 Å². The molecule has 0 saturated heterocycles. The van der Waals surface area contributed by atoms with Gasteiger partial charge in [0.1, 0.15) is 6.04 Å². The van der Waals surface area contributed by atoms with Crippen LogP contribution in [0.4, 0.5) is 0 Å². The summed E-state index contributed by atoms with van der Waals surface area (Å²) in [6, 6.07) is 18.2. The molecule has 5 nitrogen and oxygen atoms in total. The first-order chi connectivity index (χ1) is 11.0. The van der Waals surface area contributed by atoms with Gasteiger partial charge < -0.3 is 15.9 Å². The standard InChI is InChI=1S/C9H11NO2.C9H10O2/c10-8(9(11)12)6-7-4-2-1-3-5-7;10-9(11)7-6-8-4-2-1-3-5-8/h1-5,8H,6,10H2,(H,11,12);1-5H,6-7H2,(H,10,11). The van der Waals surface area contributed by atoms with Crippen molar-refractivity contribution in [3.63, 3.8) is 0 Å². The second-order valence-electron chi connectivity index (χ2n) is 5.01. The minimum absolute atomic E-state index is 0.212. The van der Waals surface area contributed by atoms with Crippen LogP contribution in [-0.2, 0) is 22.4 Å². The van der Waals surface area contributed by atoms with E-state index in [1.165, 1.54) is 0 Å². The Hall–Kier alpha value is -2.66. The smallest absolute Gasteiger partial charge is 0.320 e. The lowest BCUT2D eigenvalue weighted by Crippen LogP contribution is -2.32. The second-order valence-corrected chi connectivity index (χ2v) is 5.01. The fourth-order valence-corrected chi connectivity index (χ4v) is 1.85. The molecule has 23 heavy (non-hydrogen) atoms. The minimum atomic E-state index is -0.959. The summed E-state index contributed by atoms with van der Waals surface area (Å²) in [5, 5.41) is 16.9. The lowest BCUT2D eigenvalue weighted by atomic mass is 10.1. The molecular formula is C18H21NO4. The van der Waals surface area contributed by atoms with E-state index in [-0.39, 0.29) is 6.42 Å². The van der Waals surface area contributed by atoms with E-state index in [1.54, 1.807) is 0 Å². The molecule has 2 aromatic carbocycles. The quantitative estimate of drug-likeness (QED) is 0.759. The third-order valence-electron chi connectivity index (χ3n) is 3.09. The van der Waals surface area contributed by atoms with E-state index in [4.69, 9.17) is 15.9 Å². The first kappa shape index (κ1) is 18.4. The molecular weight excluding hydrogens is 294 g/mol. The predicted molar refractivity (Wildman–Crippen MR) is 88.2 cm³/mol. The monoisotopic (exact) mass is 315 g/mol. The van der Waals surface area contributed by atoms with Gasteiger partial charge in [0.05, 0.1) is 0 Å². The Kier molecular flexibility index (Phi) is 8.10. The molecule has 0 aliphatic rings. The van der Waals surface area contributed by atoms with Gasteiger partial charge in [-0.2, -0.15) is 0 Å². The first-order valence-electron chi connectivity index (χ1n) is 7.27. The Balaban J connectivity index is 0.000000231. The van der Waals surface area contributed by atoms with E-state index in [2.05, 4.69) is 0 Å². The van der Waals surface area contributed by atoms with Crippen molar-refractivity contribution in [2.45, 2.75) is 25.3 Å². The van der Waals surface area contributed by atoms with Crippen molar-refractivity contribution in [1.82, 2.24) is 0 Å². The lowest BCUT2D eigenvalue weighted by molar-refractivity contribution is -0.138. The predicted octanol–water partition coefficient (Wildman–Crippen LogP) is 2.34. The average molecular weight is 315 g/mol. The van der Waals surface area contributed by atoms with Crippen molar-refractivity contribution >= 4 is 11.9 Å². The van der Waals surface area contributed by atoms with Gasteiger partial charge in [-0.1, -0.05) is 60.7 Å². The number of aliphatic carboxylic acids is 2. The van der Waals surface area contributed by atoms with Gasteiger partial charge >= 0.3 is 11.9 Å². The molecule has 5 heteroatoms. The van der Waals surface area contributed by atoms with Crippen LogP contribution in [0.25, 0.3) is 0 Å². The largest absolute Gasteiger partial charge is 0.481 e. The molecule has 0 saturated carbocycles. The van der Waals surface area contributed by atoms with Crippen molar-refractivity contribution in [3.05, 3.63) is 71.8 Å². The molecule has 2 rings (SSSR count). The van der Waals surface area contributed by atoms with Crippen LogP contribution in [0.2, 0.25) is 0 Å². The van der Waals surface area contributed by atoms with Crippen LogP contribution in [0.5, 0.6) is 0 Å². The molecule has 0 fully saturated rings. The number of hydrogen-bond donors (Lipinski definition) is 3. The number of hydrogen-bond acceptors (Lipinski definition) is 3. The molecule has 2 aromatic rings. The van der Waals surface area contributed by atoms with E-state index in [9.17, 15) is 9.59 Å². The van der Waals surface area contributed by atoms with Gasteiger partial charge in [0.2, 0.25) is 0 Å². The molecule has 0 heterocycles. The molecule has 1 unspecified atom stereocenters. The normalized spacial score (nSPS) is 11.0. The van der Waals surface area contributed by atoms with Crippen molar-refractivity contribution < 1.29 is 19.8 Å². The summed E-state index contributed by atoms with van der Waals surface area (Å²) < 4.78 is 0. The van der Waals surface area contributed by atoms with Crippen LogP contribution in [-0.4, -0.2) is 28.2 Å². The van der Waals surface area contributed by atoms with Crippen LogP contribution < -0.4 is 5.73 Å². The zero-order chi connectivity index (χ0) is 17.1. The number of nitrogens with two attached hydrogens (primary N) is 1. The summed E-state index contributed by atoms with van der Waals surface area (Å²) in [6.07, 6.45) is 1.22. The molecule has 4 N–H and O–H groups in total. The second kappa shape index (κ2) is 10.1. The molecule has 1 atom stereocenters. The lowest BCUT2D eigenvalue weighted by Gasteiger charge is -2.04. The molecule has 0 aliphatic carbocycles. The molecule has 0 amide bonds. The highest BCUT2D eigenvalue weighted by atomic mass is 16.4. The van der Waals surface area contributed by atoms with E-state index < -0.39 is 18.0 Å². The maximum Gasteiger partial charge on any atom is 0.320 e. The van der Waals surface area contributed by atoms with Crippen molar-refractivity contribution in [1.29, 1.82) is 0 Å². The maximum atomic E-state index is 10.4. The van der Waals surface area contributed by atoms with Gasteiger partial charge in [-0.3, -0.25) is 9.59 Å². The van der Waals surface area contributed by atoms with Gasteiger partial charge in [-0.15, -0.1) is 0 Å².